The summed E-state index contributed by atoms with van der Waals surface area (Å²) in [4.78, 5) is 26.0. The fraction of sp³-hybridized carbons (Fsp3) is 0.444. The fourth-order valence-electron chi connectivity index (χ4n) is 1.14. The minimum Gasteiger partial charge on any atom is -0.480 e. The Morgan fingerprint density at radius 3 is 2.82 bits per heavy atom. The van der Waals surface area contributed by atoms with Crippen molar-refractivity contribution < 1.29 is 18.9 Å². The van der Waals surface area contributed by atoms with Crippen molar-refractivity contribution in [3.8, 4) is 0 Å². The number of carboxylic acid groups (broad SMARTS) is 1. The van der Waals surface area contributed by atoms with Crippen molar-refractivity contribution in [3.63, 3.8) is 0 Å². The van der Waals surface area contributed by atoms with Crippen LogP contribution in [0.1, 0.15) is 13.3 Å². The molecule has 0 aliphatic rings. The summed E-state index contributed by atoms with van der Waals surface area (Å²) in [7, 11) is -1.71. The van der Waals surface area contributed by atoms with Crippen LogP contribution in [0, 0.1) is 0 Å². The molecule has 0 radical (unpaired) electrons. The standard InChI is InChI=1S/C9H12N2O4S2/c1-2-6(8(13)14)17(15)5-7(12)11-9-10-3-4-16-9/h3-4,6H,2,5H2,1H3,(H,13,14)(H,10,11,12). The molecular weight excluding hydrogens is 264 g/mol. The number of amides is 1. The number of aromatic nitrogens is 1. The van der Waals surface area contributed by atoms with Crippen LogP contribution in [0.25, 0.3) is 0 Å². The number of carbonyl (C=O) groups is 2. The highest BCUT2D eigenvalue weighted by atomic mass is 32.2. The number of carboxylic acids is 1. The highest BCUT2D eigenvalue weighted by Crippen LogP contribution is 2.10. The third kappa shape index (κ3) is 4.23. The summed E-state index contributed by atoms with van der Waals surface area (Å²) in [6.07, 6.45) is 1.76. The Kier molecular flexibility index (Phi) is 5.23. The summed E-state index contributed by atoms with van der Waals surface area (Å²) in [6, 6.07) is 0. The van der Waals surface area contributed by atoms with E-state index in [4.69, 9.17) is 5.11 Å². The topological polar surface area (TPSA) is 96.4 Å². The van der Waals surface area contributed by atoms with Crippen molar-refractivity contribution in [2.45, 2.75) is 18.6 Å². The van der Waals surface area contributed by atoms with Crippen molar-refractivity contribution in [1.82, 2.24) is 4.98 Å². The molecule has 17 heavy (non-hydrogen) atoms. The van der Waals surface area contributed by atoms with Gasteiger partial charge in [-0.2, -0.15) is 0 Å². The van der Waals surface area contributed by atoms with Gasteiger partial charge in [0.1, 0.15) is 11.0 Å². The van der Waals surface area contributed by atoms with E-state index in [-0.39, 0.29) is 12.2 Å². The largest absolute Gasteiger partial charge is 0.480 e. The normalized spacial score (nSPS) is 13.9. The molecule has 94 valence electrons. The van der Waals surface area contributed by atoms with Gasteiger partial charge in [-0.1, -0.05) is 6.92 Å². The number of nitrogens with zero attached hydrogens (tertiary/aromatic N) is 1. The molecule has 0 bridgehead atoms. The van der Waals surface area contributed by atoms with E-state index in [2.05, 4.69) is 10.3 Å². The van der Waals surface area contributed by atoms with Crippen LogP contribution in [-0.4, -0.2) is 37.2 Å². The van der Waals surface area contributed by atoms with E-state index in [9.17, 15) is 13.8 Å². The van der Waals surface area contributed by atoms with Crippen LogP contribution in [0.2, 0.25) is 0 Å². The first-order chi connectivity index (χ1) is 8.04. The van der Waals surface area contributed by atoms with Gasteiger partial charge < -0.3 is 10.4 Å². The number of anilines is 1. The average molecular weight is 276 g/mol. The van der Waals surface area contributed by atoms with Crippen molar-refractivity contribution in [2.24, 2.45) is 0 Å². The van der Waals surface area contributed by atoms with Gasteiger partial charge in [-0.25, -0.2) is 4.98 Å². The molecule has 2 unspecified atom stereocenters. The molecule has 8 heteroatoms. The van der Waals surface area contributed by atoms with Crippen LogP contribution in [0.4, 0.5) is 5.13 Å². The molecule has 0 aliphatic heterocycles. The zero-order valence-corrected chi connectivity index (χ0v) is 10.7. The number of thiazole rings is 1. The van der Waals surface area contributed by atoms with Gasteiger partial charge in [-0.15, -0.1) is 11.3 Å². The van der Waals surface area contributed by atoms with Gasteiger partial charge in [0.2, 0.25) is 5.91 Å². The summed E-state index contributed by atoms with van der Waals surface area (Å²) in [5.74, 6) is -1.96. The van der Waals surface area contributed by atoms with Gasteiger partial charge in [0.25, 0.3) is 0 Å². The van der Waals surface area contributed by atoms with Crippen molar-refractivity contribution in [1.29, 1.82) is 0 Å². The lowest BCUT2D eigenvalue weighted by Crippen LogP contribution is -2.31. The van der Waals surface area contributed by atoms with E-state index in [1.165, 1.54) is 17.5 Å². The predicted molar refractivity (Wildman–Crippen MR) is 65.5 cm³/mol. The zero-order valence-electron chi connectivity index (χ0n) is 9.08. The fourth-order valence-corrected chi connectivity index (χ4v) is 2.82. The molecule has 6 nitrogen and oxygen atoms in total. The maximum Gasteiger partial charge on any atom is 0.319 e. The average Bonchev–Trinajstić information content (AvgIpc) is 2.70. The third-order valence-electron chi connectivity index (χ3n) is 1.92. The first kappa shape index (κ1) is 13.8. The van der Waals surface area contributed by atoms with Crippen LogP contribution in [-0.2, 0) is 20.4 Å². The Hall–Kier alpha value is -1.28. The van der Waals surface area contributed by atoms with E-state index >= 15 is 0 Å². The van der Waals surface area contributed by atoms with E-state index < -0.39 is 27.9 Å². The highest BCUT2D eigenvalue weighted by molar-refractivity contribution is 7.87. The van der Waals surface area contributed by atoms with Gasteiger partial charge in [0.15, 0.2) is 5.13 Å². The number of rotatable bonds is 6. The van der Waals surface area contributed by atoms with Crippen LogP contribution < -0.4 is 5.32 Å². The lowest BCUT2D eigenvalue weighted by atomic mass is 10.3. The maximum atomic E-state index is 11.6. The maximum absolute atomic E-state index is 11.6. The van der Waals surface area contributed by atoms with Gasteiger partial charge in [0.05, 0.1) is 0 Å². The molecular formula is C9H12N2O4S2. The molecule has 1 aromatic rings. The van der Waals surface area contributed by atoms with Crippen LogP contribution in [0.3, 0.4) is 0 Å². The minimum atomic E-state index is -1.71. The first-order valence-electron chi connectivity index (χ1n) is 4.84. The molecule has 1 amide bonds. The molecule has 0 aromatic carbocycles. The summed E-state index contributed by atoms with van der Waals surface area (Å²) < 4.78 is 11.6. The molecule has 1 aromatic heterocycles. The van der Waals surface area contributed by atoms with E-state index in [0.717, 1.165) is 0 Å². The summed E-state index contributed by atoms with van der Waals surface area (Å²) >= 11 is 1.24. The molecule has 2 atom stereocenters. The number of carbonyl (C=O) groups excluding carboxylic acids is 1. The van der Waals surface area contributed by atoms with Crippen molar-refractivity contribution in [3.05, 3.63) is 11.6 Å². The van der Waals surface area contributed by atoms with Crippen LogP contribution >= 0.6 is 11.3 Å². The molecule has 1 heterocycles. The quantitative estimate of drug-likeness (QED) is 0.797. The molecule has 0 saturated carbocycles. The second-order valence-corrected chi connectivity index (χ2v) is 5.66. The lowest BCUT2D eigenvalue weighted by molar-refractivity contribution is -0.136. The predicted octanol–water partition coefficient (Wildman–Crippen LogP) is 0.693. The highest BCUT2D eigenvalue weighted by Gasteiger charge is 2.24. The number of hydrogen-bond donors (Lipinski definition) is 2. The van der Waals surface area contributed by atoms with Crippen molar-refractivity contribution in [2.75, 3.05) is 11.1 Å². The Bertz CT molecular complexity index is 419. The SMILES string of the molecule is CCC(C(=O)O)S(=O)CC(=O)Nc1nccs1. The third-order valence-corrected chi connectivity index (χ3v) is 4.32. The number of hydrogen-bond acceptors (Lipinski definition) is 5. The summed E-state index contributed by atoms with van der Waals surface area (Å²) in [6.45, 7) is 1.62. The molecule has 0 saturated heterocycles. The van der Waals surface area contributed by atoms with Gasteiger partial charge in [-0.05, 0) is 6.42 Å². The van der Waals surface area contributed by atoms with E-state index in [1.807, 2.05) is 0 Å². The monoisotopic (exact) mass is 276 g/mol. The Morgan fingerprint density at radius 2 is 2.35 bits per heavy atom. The van der Waals surface area contributed by atoms with Crippen molar-refractivity contribution >= 4 is 39.1 Å². The number of aliphatic carboxylic acids is 1. The summed E-state index contributed by atoms with van der Waals surface area (Å²) in [5.41, 5.74) is 0. The molecule has 1 rings (SSSR count). The first-order valence-corrected chi connectivity index (χ1v) is 7.10. The smallest absolute Gasteiger partial charge is 0.319 e. The second-order valence-electron chi connectivity index (χ2n) is 3.15. The minimum absolute atomic E-state index is 0.229. The van der Waals surface area contributed by atoms with Gasteiger partial charge in [0, 0.05) is 22.4 Å². The number of nitrogens with one attached hydrogen (secondary N) is 1. The summed E-state index contributed by atoms with van der Waals surface area (Å²) in [5, 5.41) is 12.3. The Balaban J connectivity index is 2.51. The van der Waals surface area contributed by atoms with Crippen LogP contribution in [0.15, 0.2) is 11.6 Å². The second kappa shape index (κ2) is 6.45. The van der Waals surface area contributed by atoms with E-state index in [1.54, 1.807) is 12.3 Å². The van der Waals surface area contributed by atoms with E-state index in [0.29, 0.717) is 5.13 Å². The van der Waals surface area contributed by atoms with Gasteiger partial charge >= 0.3 is 5.97 Å². The Labute approximate surface area is 105 Å². The Morgan fingerprint density at radius 1 is 1.65 bits per heavy atom. The molecule has 0 aliphatic carbocycles. The molecule has 2 N–H and O–H groups in total. The lowest BCUT2D eigenvalue weighted by Gasteiger charge is -2.08. The zero-order chi connectivity index (χ0) is 12.8. The molecule has 0 fully saturated rings. The van der Waals surface area contributed by atoms with Crippen LogP contribution in [0.5, 0.6) is 0 Å². The molecule has 0 spiro atoms. The van der Waals surface area contributed by atoms with Gasteiger partial charge in [-0.3, -0.25) is 13.8 Å².